The molecular formula is C14H21N3. The maximum atomic E-state index is 4.32. The normalized spacial score (nSPS) is 11.2. The molecule has 1 aromatic heterocycles. The van der Waals surface area contributed by atoms with Crippen molar-refractivity contribution in [3.8, 4) is 0 Å². The van der Waals surface area contributed by atoms with Crippen LogP contribution in [0.1, 0.15) is 26.0 Å². The van der Waals surface area contributed by atoms with Crippen LogP contribution in [0.4, 0.5) is 11.4 Å². The first-order valence-corrected chi connectivity index (χ1v) is 5.86. The summed E-state index contributed by atoms with van der Waals surface area (Å²) in [6.07, 6.45) is 4.98. The van der Waals surface area contributed by atoms with Crippen LogP contribution < -0.4 is 10.6 Å². The molecule has 3 nitrogen and oxygen atoms in total. The van der Waals surface area contributed by atoms with Crippen LogP contribution in [0.2, 0.25) is 0 Å². The van der Waals surface area contributed by atoms with Gasteiger partial charge in [0, 0.05) is 12.7 Å². The van der Waals surface area contributed by atoms with Crippen LogP contribution in [0.5, 0.6) is 0 Å². The molecule has 0 saturated carbocycles. The van der Waals surface area contributed by atoms with E-state index in [-0.39, 0.29) is 0 Å². The van der Waals surface area contributed by atoms with Crippen molar-refractivity contribution >= 4 is 11.4 Å². The Bertz CT molecular complexity index is 433. The first-order valence-electron chi connectivity index (χ1n) is 5.86. The third-order valence-corrected chi connectivity index (χ3v) is 2.65. The Labute approximate surface area is 104 Å². The Morgan fingerprint density at radius 1 is 1.53 bits per heavy atom. The molecule has 3 heteroatoms. The molecule has 0 bridgehead atoms. The minimum atomic E-state index is 0.921. The highest BCUT2D eigenvalue weighted by Crippen LogP contribution is 2.20. The lowest BCUT2D eigenvalue weighted by atomic mass is 10.2. The fourth-order valence-electron chi connectivity index (χ4n) is 1.49. The van der Waals surface area contributed by atoms with Crippen LogP contribution >= 0.6 is 0 Å². The molecule has 1 rings (SSSR count). The van der Waals surface area contributed by atoms with Gasteiger partial charge in [-0.2, -0.15) is 0 Å². The SMILES string of the molecule is C=C(Nc1cc(NC)cnc1C)/C(C)=C/CC. The summed E-state index contributed by atoms with van der Waals surface area (Å²) in [5.41, 5.74) is 5.04. The number of aromatic nitrogens is 1. The number of rotatable bonds is 5. The molecule has 0 aliphatic carbocycles. The maximum Gasteiger partial charge on any atom is 0.0621 e. The van der Waals surface area contributed by atoms with E-state index in [2.05, 4.69) is 42.1 Å². The lowest BCUT2D eigenvalue weighted by Gasteiger charge is -2.13. The maximum absolute atomic E-state index is 4.32. The van der Waals surface area contributed by atoms with Crippen molar-refractivity contribution in [2.24, 2.45) is 0 Å². The van der Waals surface area contributed by atoms with Crippen molar-refractivity contribution in [3.05, 3.63) is 41.9 Å². The fraction of sp³-hybridized carbons (Fsp3) is 0.357. The van der Waals surface area contributed by atoms with E-state index >= 15 is 0 Å². The number of anilines is 2. The van der Waals surface area contributed by atoms with Crippen molar-refractivity contribution in [1.82, 2.24) is 4.98 Å². The number of hydrogen-bond acceptors (Lipinski definition) is 3. The van der Waals surface area contributed by atoms with Gasteiger partial charge >= 0.3 is 0 Å². The number of nitrogens with zero attached hydrogens (tertiary/aromatic N) is 1. The molecule has 0 spiro atoms. The molecule has 92 valence electrons. The first-order chi connectivity index (χ1) is 8.08. The zero-order valence-electron chi connectivity index (χ0n) is 11.1. The topological polar surface area (TPSA) is 37.0 Å². The fourth-order valence-corrected chi connectivity index (χ4v) is 1.49. The van der Waals surface area contributed by atoms with E-state index < -0.39 is 0 Å². The van der Waals surface area contributed by atoms with Crippen LogP contribution in [0.15, 0.2) is 36.2 Å². The average molecular weight is 231 g/mol. The Morgan fingerprint density at radius 3 is 2.82 bits per heavy atom. The van der Waals surface area contributed by atoms with Gasteiger partial charge < -0.3 is 10.6 Å². The van der Waals surface area contributed by atoms with Crippen LogP contribution in [-0.4, -0.2) is 12.0 Å². The second kappa shape index (κ2) is 6.09. The van der Waals surface area contributed by atoms with Gasteiger partial charge in [-0.05, 0) is 31.9 Å². The van der Waals surface area contributed by atoms with Gasteiger partial charge in [-0.1, -0.05) is 19.6 Å². The van der Waals surface area contributed by atoms with E-state index in [1.807, 2.05) is 26.2 Å². The van der Waals surface area contributed by atoms with E-state index in [4.69, 9.17) is 0 Å². The largest absolute Gasteiger partial charge is 0.387 e. The Balaban J connectivity index is 2.87. The number of aryl methyl sites for hydroxylation is 1. The highest BCUT2D eigenvalue weighted by atomic mass is 14.9. The van der Waals surface area contributed by atoms with Gasteiger partial charge in [0.1, 0.15) is 0 Å². The quantitative estimate of drug-likeness (QED) is 0.758. The summed E-state index contributed by atoms with van der Waals surface area (Å²) in [5, 5.41) is 6.38. The van der Waals surface area contributed by atoms with Crippen LogP contribution in [0, 0.1) is 6.92 Å². The van der Waals surface area contributed by atoms with Gasteiger partial charge in [0.2, 0.25) is 0 Å². The lowest BCUT2D eigenvalue weighted by Crippen LogP contribution is -2.03. The summed E-state index contributed by atoms with van der Waals surface area (Å²) in [7, 11) is 1.88. The van der Waals surface area contributed by atoms with E-state index in [1.165, 1.54) is 5.57 Å². The molecule has 1 aromatic rings. The zero-order chi connectivity index (χ0) is 12.8. The molecule has 0 aliphatic rings. The third-order valence-electron chi connectivity index (χ3n) is 2.65. The summed E-state index contributed by atoms with van der Waals surface area (Å²) in [6.45, 7) is 10.2. The van der Waals surface area contributed by atoms with Gasteiger partial charge in [-0.15, -0.1) is 0 Å². The standard InChI is InChI=1S/C14H21N3/c1-6-7-10(2)11(3)17-14-8-13(15-5)9-16-12(14)4/h7-9,15,17H,3,6H2,1-2,4-5H3/b10-7+. The molecule has 2 N–H and O–H groups in total. The highest BCUT2D eigenvalue weighted by Gasteiger charge is 2.03. The van der Waals surface area contributed by atoms with E-state index in [0.29, 0.717) is 0 Å². The minimum Gasteiger partial charge on any atom is -0.387 e. The molecule has 0 unspecified atom stereocenters. The van der Waals surface area contributed by atoms with Gasteiger partial charge in [0.25, 0.3) is 0 Å². The van der Waals surface area contributed by atoms with Crippen LogP contribution in [-0.2, 0) is 0 Å². The summed E-state index contributed by atoms with van der Waals surface area (Å²) in [5.74, 6) is 0. The molecular weight excluding hydrogens is 210 g/mol. The number of allylic oxidation sites excluding steroid dienone is 2. The van der Waals surface area contributed by atoms with Crippen molar-refractivity contribution < 1.29 is 0 Å². The van der Waals surface area contributed by atoms with E-state index in [1.54, 1.807) is 0 Å². The second-order valence-electron chi connectivity index (χ2n) is 4.01. The molecule has 0 fully saturated rings. The number of nitrogens with one attached hydrogen (secondary N) is 2. The molecule has 1 heterocycles. The second-order valence-corrected chi connectivity index (χ2v) is 4.01. The molecule has 0 amide bonds. The van der Waals surface area contributed by atoms with Gasteiger partial charge in [0.05, 0.1) is 23.3 Å². The lowest BCUT2D eigenvalue weighted by molar-refractivity contribution is 1.16. The average Bonchev–Trinajstić information content (AvgIpc) is 2.32. The van der Waals surface area contributed by atoms with Gasteiger partial charge in [-0.3, -0.25) is 4.98 Å². The van der Waals surface area contributed by atoms with Crippen molar-refractivity contribution in [1.29, 1.82) is 0 Å². The summed E-state index contributed by atoms with van der Waals surface area (Å²) in [6, 6.07) is 2.03. The van der Waals surface area contributed by atoms with Crippen LogP contribution in [0.25, 0.3) is 0 Å². The highest BCUT2D eigenvalue weighted by molar-refractivity contribution is 5.61. The third kappa shape index (κ3) is 3.63. The van der Waals surface area contributed by atoms with Gasteiger partial charge in [-0.25, -0.2) is 0 Å². The molecule has 17 heavy (non-hydrogen) atoms. The predicted molar refractivity (Wildman–Crippen MR) is 75.3 cm³/mol. The smallest absolute Gasteiger partial charge is 0.0621 e. The first kappa shape index (κ1) is 13.3. The predicted octanol–water partition coefficient (Wildman–Crippen LogP) is 3.71. The zero-order valence-corrected chi connectivity index (χ0v) is 11.1. The van der Waals surface area contributed by atoms with Crippen molar-refractivity contribution in [2.45, 2.75) is 27.2 Å². The van der Waals surface area contributed by atoms with Gasteiger partial charge in [0.15, 0.2) is 0 Å². The summed E-state index contributed by atoms with van der Waals surface area (Å²) < 4.78 is 0. The Morgan fingerprint density at radius 2 is 2.24 bits per heavy atom. The monoisotopic (exact) mass is 231 g/mol. The number of pyridine rings is 1. The Kier molecular flexibility index (Phi) is 4.76. The Hall–Kier alpha value is -1.77. The van der Waals surface area contributed by atoms with Crippen molar-refractivity contribution in [3.63, 3.8) is 0 Å². The molecule has 0 saturated heterocycles. The van der Waals surface area contributed by atoms with Crippen molar-refractivity contribution in [2.75, 3.05) is 17.7 Å². The molecule has 0 radical (unpaired) electrons. The summed E-state index contributed by atoms with van der Waals surface area (Å²) in [4.78, 5) is 4.32. The van der Waals surface area contributed by atoms with Crippen LogP contribution in [0.3, 0.4) is 0 Å². The molecule has 0 atom stereocenters. The van der Waals surface area contributed by atoms with E-state index in [9.17, 15) is 0 Å². The number of hydrogen-bond donors (Lipinski definition) is 2. The molecule has 0 aliphatic heterocycles. The van der Waals surface area contributed by atoms with E-state index in [0.717, 1.165) is 29.2 Å². The molecule has 0 aromatic carbocycles. The minimum absolute atomic E-state index is 0.921. The summed E-state index contributed by atoms with van der Waals surface area (Å²) >= 11 is 0.